The zero-order valence-corrected chi connectivity index (χ0v) is 15.2. The standard InChI is InChI=1S/C17H21BrN2O3/c1-12-6-7-16(15(18)9-12)23-13(2)17(21)22-8-4-5-14-10-19-20(3)11-14/h6-7,9-11,13H,4-5,8H2,1-3H3. The summed E-state index contributed by atoms with van der Waals surface area (Å²) in [5, 5.41) is 4.10. The minimum atomic E-state index is -0.646. The molecular weight excluding hydrogens is 360 g/mol. The number of nitrogens with zero attached hydrogens (tertiary/aromatic N) is 2. The highest BCUT2D eigenvalue weighted by Crippen LogP contribution is 2.26. The number of hydrogen-bond acceptors (Lipinski definition) is 4. The first-order chi connectivity index (χ1) is 11.0. The predicted octanol–water partition coefficient (Wildman–Crippen LogP) is 3.43. The third-order valence-electron chi connectivity index (χ3n) is 3.34. The van der Waals surface area contributed by atoms with Gasteiger partial charge in [0.25, 0.3) is 0 Å². The molecule has 0 N–H and O–H groups in total. The van der Waals surface area contributed by atoms with Gasteiger partial charge in [0.05, 0.1) is 17.3 Å². The molecule has 1 aromatic heterocycles. The lowest BCUT2D eigenvalue weighted by Crippen LogP contribution is -2.26. The predicted molar refractivity (Wildman–Crippen MR) is 91.5 cm³/mol. The Hall–Kier alpha value is -1.82. The van der Waals surface area contributed by atoms with E-state index < -0.39 is 6.10 Å². The molecule has 0 aliphatic carbocycles. The van der Waals surface area contributed by atoms with E-state index in [4.69, 9.17) is 9.47 Å². The van der Waals surface area contributed by atoms with Crippen molar-refractivity contribution in [1.29, 1.82) is 0 Å². The number of halogens is 1. The fourth-order valence-corrected chi connectivity index (χ4v) is 2.69. The fourth-order valence-electron chi connectivity index (χ4n) is 2.11. The average molecular weight is 381 g/mol. The lowest BCUT2D eigenvalue weighted by atomic mass is 10.2. The molecule has 6 heteroatoms. The molecule has 0 bridgehead atoms. The summed E-state index contributed by atoms with van der Waals surface area (Å²) in [4.78, 5) is 12.0. The lowest BCUT2D eigenvalue weighted by Gasteiger charge is -2.15. The van der Waals surface area contributed by atoms with Crippen LogP contribution in [0.2, 0.25) is 0 Å². The van der Waals surface area contributed by atoms with Gasteiger partial charge in [0.1, 0.15) is 5.75 Å². The van der Waals surface area contributed by atoms with Gasteiger partial charge in [0.2, 0.25) is 0 Å². The Morgan fingerprint density at radius 1 is 1.43 bits per heavy atom. The molecule has 0 aliphatic heterocycles. The number of hydrogen-bond donors (Lipinski definition) is 0. The second-order valence-electron chi connectivity index (χ2n) is 5.49. The molecule has 1 unspecified atom stereocenters. The summed E-state index contributed by atoms with van der Waals surface area (Å²) >= 11 is 3.43. The Balaban J connectivity index is 1.74. The third kappa shape index (κ3) is 5.39. The van der Waals surface area contributed by atoms with Crippen LogP contribution in [0, 0.1) is 6.92 Å². The molecule has 0 amide bonds. The smallest absolute Gasteiger partial charge is 0.347 e. The summed E-state index contributed by atoms with van der Waals surface area (Å²) in [7, 11) is 1.88. The first-order valence-corrected chi connectivity index (χ1v) is 8.32. The van der Waals surface area contributed by atoms with E-state index >= 15 is 0 Å². The van der Waals surface area contributed by atoms with Crippen LogP contribution in [0.5, 0.6) is 5.75 Å². The van der Waals surface area contributed by atoms with Gasteiger partial charge in [0, 0.05) is 13.2 Å². The van der Waals surface area contributed by atoms with Gasteiger partial charge >= 0.3 is 5.97 Å². The number of esters is 1. The molecule has 124 valence electrons. The van der Waals surface area contributed by atoms with E-state index in [0.717, 1.165) is 28.4 Å². The minimum absolute atomic E-state index is 0.358. The van der Waals surface area contributed by atoms with Gasteiger partial charge in [-0.2, -0.15) is 5.10 Å². The van der Waals surface area contributed by atoms with Gasteiger partial charge in [-0.15, -0.1) is 0 Å². The van der Waals surface area contributed by atoms with Crippen molar-refractivity contribution in [3.63, 3.8) is 0 Å². The average Bonchev–Trinajstić information content (AvgIpc) is 2.91. The van der Waals surface area contributed by atoms with E-state index in [9.17, 15) is 4.79 Å². The van der Waals surface area contributed by atoms with E-state index in [-0.39, 0.29) is 5.97 Å². The molecule has 0 aliphatic rings. The zero-order valence-electron chi connectivity index (χ0n) is 13.6. The summed E-state index contributed by atoms with van der Waals surface area (Å²) in [6.07, 6.45) is 4.73. The molecule has 23 heavy (non-hydrogen) atoms. The Morgan fingerprint density at radius 3 is 2.87 bits per heavy atom. The number of rotatable bonds is 7. The van der Waals surface area contributed by atoms with Crippen molar-refractivity contribution in [2.45, 2.75) is 32.8 Å². The van der Waals surface area contributed by atoms with Gasteiger partial charge in [-0.1, -0.05) is 6.07 Å². The van der Waals surface area contributed by atoms with Crippen molar-refractivity contribution in [3.8, 4) is 5.75 Å². The molecule has 5 nitrogen and oxygen atoms in total. The maximum absolute atomic E-state index is 12.0. The third-order valence-corrected chi connectivity index (χ3v) is 3.96. The lowest BCUT2D eigenvalue weighted by molar-refractivity contribution is -0.151. The second-order valence-corrected chi connectivity index (χ2v) is 6.34. The first-order valence-electron chi connectivity index (χ1n) is 7.52. The summed E-state index contributed by atoms with van der Waals surface area (Å²) in [5.74, 6) is 0.277. The van der Waals surface area contributed by atoms with E-state index in [1.807, 2.05) is 44.6 Å². The van der Waals surface area contributed by atoms with E-state index in [0.29, 0.717) is 12.4 Å². The van der Waals surface area contributed by atoms with Crippen LogP contribution in [0.15, 0.2) is 35.1 Å². The molecule has 0 radical (unpaired) electrons. The minimum Gasteiger partial charge on any atom is -0.478 e. The van der Waals surface area contributed by atoms with Crippen LogP contribution in [0.3, 0.4) is 0 Å². The summed E-state index contributed by atoms with van der Waals surface area (Å²) < 4.78 is 13.5. The summed E-state index contributed by atoms with van der Waals surface area (Å²) in [5.41, 5.74) is 2.26. The van der Waals surface area contributed by atoms with Crippen molar-refractivity contribution in [2.75, 3.05) is 6.61 Å². The number of aromatic nitrogens is 2. The zero-order chi connectivity index (χ0) is 16.8. The van der Waals surface area contributed by atoms with Crippen LogP contribution in [-0.2, 0) is 23.0 Å². The van der Waals surface area contributed by atoms with Crippen LogP contribution in [0.4, 0.5) is 0 Å². The first kappa shape index (κ1) is 17.5. The second kappa shape index (κ2) is 8.15. The molecule has 2 aromatic rings. The van der Waals surface area contributed by atoms with E-state index in [1.54, 1.807) is 11.6 Å². The number of carbonyl (C=O) groups is 1. The van der Waals surface area contributed by atoms with Crippen molar-refractivity contribution in [3.05, 3.63) is 46.2 Å². The van der Waals surface area contributed by atoms with Crippen LogP contribution in [-0.4, -0.2) is 28.5 Å². The van der Waals surface area contributed by atoms with Gasteiger partial charge in [-0.05, 0) is 65.9 Å². The summed E-state index contributed by atoms with van der Waals surface area (Å²) in [6, 6.07) is 5.72. The molecule has 0 fully saturated rings. The Kier molecular flexibility index (Phi) is 6.21. The quantitative estimate of drug-likeness (QED) is 0.545. The molecule has 0 saturated heterocycles. The molecular formula is C17H21BrN2O3. The van der Waals surface area contributed by atoms with Gasteiger partial charge in [-0.3, -0.25) is 4.68 Å². The van der Waals surface area contributed by atoms with Gasteiger partial charge in [-0.25, -0.2) is 4.79 Å². The van der Waals surface area contributed by atoms with Crippen molar-refractivity contribution in [2.24, 2.45) is 7.05 Å². The maximum atomic E-state index is 12.0. The van der Waals surface area contributed by atoms with Crippen LogP contribution in [0.25, 0.3) is 0 Å². The fraction of sp³-hybridized carbons (Fsp3) is 0.412. The van der Waals surface area contributed by atoms with Crippen LogP contribution >= 0.6 is 15.9 Å². The highest BCUT2D eigenvalue weighted by atomic mass is 79.9. The van der Waals surface area contributed by atoms with Crippen molar-refractivity contribution < 1.29 is 14.3 Å². The molecule has 1 aromatic carbocycles. The molecule has 0 saturated carbocycles. The largest absolute Gasteiger partial charge is 0.478 e. The molecule has 1 heterocycles. The normalized spacial score (nSPS) is 12.0. The number of carbonyl (C=O) groups excluding carboxylic acids is 1. The summed E-state index contributed by atoms with van der Waals surface area (Å²) in [6.45, 7) is 4.06. The SMILES string of the molecule is Cc1ccc(OC(C)C(=O)OCCCc2cnn(C)c2)c(Br)c1. The number of aryl methyl sites for hydroxylation is 3. The topological polar surface area (TPSA) is 53.4 Å². The number of benzene rings is 1. The van der Waals surface area contributed by atoms with Gasteiger partial charge in [0.15, 0.2) is 6.10 Å². The van der Waals surface area contributed by atoms with E-state index in [2.05, 4.69) is 21.0 Å². The highest BCUT2D eigenvalue weighted by molar-refractivity contribution is 9.10. The number of ether oxygens (including phenoxy) is 2. The molecule has 1 atom stereocenters. The van der Waals surface area contributed by atoms with Crippen molar-refractivity contribution >= 4 is 21.9 Å². The molecule has 0 spiro atoms. The highest BCUT2D eigenvalue weighted by Gasteiger charge is 2.17. The van der Waals surface area contributed by atoms with Gasteiger partial charge < -0.3 is 9.47 Å². The van der Waals surface area contributed by atoms with Crippen LogP contribution < -0.4 is 4.74 Å². The van der Waals surface area contributed by atoms with Crippen molar-refractivity contribution in [1.82, 2.24) is 9.78 Å². The Labute approximate surface area is 144 Å². The monoisotopic (exact) mass is 380 g/mol. The molecule has 2 rings (SSSR count). The Morgan fingerprint density at radius 2 is 2.22 bits per heavy atom. The van der Waals surface area contributed by atoms with E-state index in [1.165, 1.54) is 0 Å². The Bertz CT molecular complexity index is 670. The van der Waals surface area contributed by atoms with Crippen LogP contribution in [0.1, 0.15) is 24.5 Å². The maximum Gasteiger partial charge on any atom is 0.347 e.